The summed E-state index contributed by atoms with van der Waals surface area (Å²) < 4.78 is 0.752. The van der Waals surface area contributed by atoms with Gasteiger partial charge in [-0.1, -0.05) is 25.4 Å². The van der Waals surface area contributed by atoms with E-state index in [0.717, 1.165) is 14.8 Å². The summed E-state index contributed by atoms with van der Waals surface area (Å²) in [4.78, 5) is 12.2. The van der Waals surface area contributed by atoms with Gasteiger partial charge in [0.1, 0.15) is 0 Å². The largest absolute Gasteiger partial charge is 0.369 e. The number of halogens is 1. The number of carbonyl (C=O) groups excluding carboxylic acids is 1. The lowest BCUT2D eigenvalue weighted by molar-refractivity contribution is -0.126. The molecular formula is C11H17ClN2OS. The summed E-state index contributed by atoms with van der Waals surface area (Å²) in [6.07, 6.45) is 0.526. The lowest BCUT2D eigenvalue weighted by Gasteiger charge is -2.23. The van der Waals surface area contributed by atoms with Crippen LogP contribution >= 0.6 is 22.9 Å². The molecule has 16 heavy (non-hydrogen) atoms. The molecule has 0 fully saturated rings. The molecule has 1 amide bonds. The number of thiophene rings is 1. The summed E-state index contributed by atoms with van der Waals surface area (Å²) in [6, 6.07) is 1.77. The molecule has 1 rings (SSSR count). The third-order valence-electron chi connectivity index (χ3n) is 2.64. The highest BCUT2D eigenvalue weighted by Crippen LogP contribution is 2.35. The molecule has 0 bridgehead atoms. The molecule has 0 aromatic carbocycles. The van der Waals surface area contributed by atoms with Gasteiger partial charge in [0.05, 0.1) is 4.34 Å². The molecule has 0 aliphatic rings. The van der Waals surface area contributed by atoms with Crippen molar-refractivity contribution < 1.29 is 4.79 Å². The molecule has 0 aliphatic heterocycles. The number of hydrogen-bond donors (Lipinski definition) is 2. The van der Waals surface area contributed by atoms with E-state index in [0.29, 0.717) is 6.42 Å². The Morgan fingerprint density at radius 3 is 2.56 bits per heavy atom. The van der Waals surface area contributed by atoms with Crippen molar-refractivity contribution in [3.05, 3.63) is 20.8 Å². The lowest BCUT2D eigenvalue weighted by atomic mass is 9.85. The fraction of sp³-hybridized carbons (Fsp3) is 0.545. The third kappa shape index (κ3) is 2.97. The fourth-order valence-electron chi connectivity index (χ4n) is 1.42. The summed E-state index contributed by atoms with van der Waals surface area (Å²) in [5.74, 6) is -0.331. The highest BCUT2D eigenvalue weighted by molar-refractivity contribution is 7.16. The van der Waals surface area contributed by atoms with Gasteiger partial charge in [0.25, 0.3) is 0 Å². The maximum absolute atomic E-state index is 11.2. The van der Waals surface area contributed by atoms with Crippen molar-refractivity contribution in [2.75, 3.05) is 0 Å². The molecule has 1 heterocycles. The van der Waals surface area contributed by atoms with Gasteiger partial charge in [0.15, 0.2) is 0 Å². The van der Waals surface area contributed by atoms with Crippen LogP contribution in [0.3, 0.4) is 0 Å². The van der Waals surface area contributed by atoms with E-state index < -0.39 is 5.41 Å². The summed E-state index contributed by atoms with van der Waals surface area (Å²) in [7, 11) is 0. The molecule has 4 N–H and O–H groups in total. The zero-order valence-electron chi connectivity index (χ0n) is 9.71. The molecule has 90 valence electrons. The summed E-state index contributed by atoms with van der Waals surface area (Å²) in [6.45, 7) is 5.54. The van der Waals surface area contributed by atoms with Crippen LogP contribution in [0.1, 0.15) is 36.8 Å². The molecular weight excluding hydrogens is 244 g/mol. The average molecular weight is 261 g/mol. The Morgan fingerprint density at radius 2 is 2.19 bits per heavy atom. The van der Waals surface area contributed by atoms with E-state index in [1.165, 1.54) is 11.3 Å². The molecule has 1 unspecified atom stereocenters. The van der Waals surface area contributed by atoms with Crippen LogP contribution in [0.15, 0.2) is 6.07 Å². The zero-order valence-corrected chi connectivity index (χ0v) is 11.3. The van der Waals surface area contributed by atoms with Crippen LogP contribution in [0.25, 0.3) is 0 Å². The first-order valence-corrected chi connectivity index (χ1v) is 6.25. The maximum Gasteiger partial charge on any atom is 0.223 e. The first-order valence-electron chi connectivity index (χ1n) is 5.05. The maximum atomic E-state index is 11.2. The second-order valence-electron chi connectivity index (χ2n) is 4.66. The van der Waals surface area contributed by atoms with Gasteiger partial charge in [-0.05, 0) is 25.0 Å². The van der Waals surface area contributed by atoms with E-state index in [1.807, 2.05) is 13.0 Å². The molecule has 1 aromatic rings. The van der Waals surface area contributed by atoms with Crippen molar-refractivity contribution in [2.45, 2.75) is 33.2 Å². The smallest absolute Gasteiger partial charge is 0.223 e. The standard InChI is InChI=1S/C11H17ClN2OS/c1-6-4-8(16-9(6)12)7(13)5-11(2,3)10(14)15/h4,7H,5,13H2,1-3H3,(H2,14,15). The van der Waals surface area contributed by atoms with Crippen molar-refractivity contribution in [1.29, 1.82) is 0 Å². The van der Waals surface area contributed by atoms with Crippen molar-refractivity contribution in [3.63, 3.8) is 0 Å². The summed E-state index contributed by atoms with van der Waals surface area (Å²) in [5, 5.41) is 0. The Balaban J connectivity index is 2.80. The van der Waals surface area contributed by atoms with E-state index in [4.69, 9.17) is 23.1 Å². The molecule has 0 saturated carbocycles. The quantitative estimate of drug-likeness (QED) is 0.874. The lowest BCUT2D eigenvalue weighted by Crippen LogP contribution is -2.34. The second-order valence-corrected chi connectivity index (χ2v) is 6.35. The molecule has 1 aromatic heterocycles. The highest BCUT2D eigenvalue weighted by Gasteiger charge is 2.28. The van der Waals surface area contributed by atoms with E-state index in [2.05, 4.69) is 0 Å². The van der Waals surface area contributed by atoms with Gasteiger partial charge < -0.3 is 11.5 Å². The normalized spacial score (nSPS) is 13.8. The van der Waals surface area contributed by atoms with Gasteiger partial charge in [0, 0.05) is 16.3 Å². The van der Waals surface area contributed by atoms with Crippen LogP contribution in [0.5, 0.6) is 0 Å². The van der Waals surface area contributed by atoms with E-state index >= 15 is 0 Å². The van der Waals surface area contributed by atoms with Crippen LogP contribution < -0.4 is 11.5 Å². The summed E-state index contributed by atoms with van der Waals surface area (Å²) >= 11 is 7.44. The minimum absolute atomic E-state index is 0.196. The Hall–Kier alpha value is -0.580. The van der Waals surface area contributed by atoms with Gasteiger partial charge in [0.2, 0.25) is 5.91 Å². The van der Waals surface area contributed by atoms with Gasteiger partial charge in [-0.2, -0.15) is 0 Å². The molecule has 0 saturated heterocycles. The number of amides is 1. The second kappa shape index (κ2) is 4.73. The van der Waals surface area contributed by atoms with Crippen LogP contribution in [0.2, 0.25) is 4.34 Å². The Labute approximate surface area is 105 Å². The third-order valence-corrected chi connectivity index (χ3v) is 4.33. The van der Waals surface area contributed by atoms with Gasteiger partial charge in [-0.3, -0.25) is 4.79 Å². The molecule has 1 atom stereocenters. The highest BCUT2D eigenvalue weighted by atomic mass is 35.5. The van der Waals surface area contributed by atoms with Crippen LogP contribution in [-0.4, -0.2) is 5.91 Å². The Kier molecular flexibility index (Phi) is 3.99. The predicted octanol–water partition coefficient (Wildman–Crippen LogP) is 2.61. The number of hydrogen-bond acceptors (Lipinski definition) is 3. The van der Waals surface area contributed by atoms with Crippen molar-refractivity contribution >= 4 is 28.8 Å². The molecule has 5 heteroatoms. The average Bonchev–Trinajstić information content (AvgIpc) is 2.46. The molecule has 0 aliphatic carbocycles. The number of nitrogens with two attached hydrogens (primary N) is 2. The van der Waals surface area contributed by atoms with E-state index in [1.54, 1.807) is 13.8 Å². The van der Waals surface area contributed by atoms with E-state index in [-0.39, 0.29) is 11.9 Å². The fourth-order valence-corrected chi connectivity index (χ4v) is 2.64. The van der Waals surface area contributed by atoms with Crippen molar-refractivity contribution in [1.82, 2.24) is 0 Å². The number of primary amides is 1. The van der Waals surface area contributed by atoms with Crippen LogP contribution in [0.4, 0.5) is 0 Å². The number of carbonyl (C=O) groups is 1. The van der Waals surface area contributed by atoms with Gasteiger partial charge >= 0.3 is 0 Å². The van der Waals surface area contributed by atoms with Crippen LogP contribution in [-0.2, 0) is 4.79 Å². The zero-order chi connectivity index (χ0) is 12.5. The first kappa shape index (κ1) is 13.5. The molecule has 0 spiro atoms. The van der Waals surface area contributed by atoms with Gasteiger partial charge in [-0.15, -0.1) is 11.3 Å². The first-order chi connectivity index (χ1) is 7.24. The molecule has 0 radical (unpaired) electrons. The predicted molar refractivity (Wildman–Crippen MR) is 68.6 cm³/mol. The monoisotopic (exact) mass is 260 g/mol. The molecule has 3 nitrogen and oxygen atoms in total. The number of aryl methyl sites for hydroxylation is 1. The number of rotatable bonds is 4. The topological polar surface area (TPSA) is 69.1 Å². The van der Waals surface area contributed by atoms with Gasteiger partial charge in [-0.25, -0.2) is 0 Å². The Morgan fingerprint density at radius 1 is 1.62 bits per heavy atom. The SMILES string of the molecule is Cc1cc(C(N)CC(C)(C)C(N)=O)sc1Cl. The van der Waals surface area contributed by atoms with E-state index in [9.17, 15) is 4.79 Å². The van der Waals surface area contributed by atoms with Crippen molar-refractivity contribution in [3.8, 4) is 0 Å². The minimum atomic E-state index is -0.593. The van der Waals surface area contributed by atoms with Crippen LogP contribution in [0, 0.1) is 12.3 Å². The minimum Gasteiger partial charge on any atom is -0.369 e. The van der Waals surface area contributed by atoms with Crippen molar-refractivity contribution in [2.24, 2.45) is 16.9 Å². The summed E-state index contributed by atoms with van der Waals surface area (Å²) in [5.41, 5.74) is 11.8. The Bertz CT molecular complexity index is 381.